The molecule has 0 fully saturated rings. The van der Waals surface area contributed by atoms with E-state index < -0.39 is 0 Å². The Morgan fingerprint density at radius 1 is 1.31 bits per heavy atom. The second kappa shape index (κ2) is 15.1. The molecular formula is C25H37N5OS. The minimum atomic E-state index is -0.231. The van der Waals surface area contributed by atoms with E-state index >= 15 is 0 Å². The van der Waals surface area contributed by atoms with E-state index in [0.29, 0.717) is 29.5 Å². The van der Waals surface area contributed by atoms with Crippen LogP contribution in [0.1, 0.15) is 57.2 Å². The topological polar surface area (TPSA) is 78.4 Å². The monoisotopic (exact) mass is 455 g/mol. The molecule has 1 amide bonds. The van der Waals surface area contributed by atoms with Crippen LogP contribution in [0, 0.1) is 0 Å². The molecule has 1 aromatic heterocycles. The first-order chi connectivity index (χ1) is 15.4. The van der Waals surface area contributed by atoms with E-state index in [0.717, 1.165) is 30.1 Å². The van der Waals surface area contributed by atoms with Crippen molar-refractivity contribution in [2.75, 3.05) is 19.6 Å². The van der Waals surface area contributed by atoms with Gasteiger partial charge in [-0.25, -0.2) is 9.98 Å². The lowest BCUT2D eigenvalue weighted by molar-refractivity contribution is -0.114. The number of nitrogens with zero attached hydrogens (tertiary/aromatic N) is 2. The first kappa shape index (κ1) is 27.3. The number of carbonyl (C=O) groups excluding carboxylic acids is 1. The molecule has 0 aromatic carbocycles. The van der Waals surface area contributed by atoms with E-state index in [9.17, 15) is 4.79 Å². The maximum Gasteiger partial charge on any atom is 0.259 e. The number of carbonyl (C=O) groups is 1. The van der Waals surface area contributed by atoms with Crippen molar-refractivity contribution in [2.45, 2.75) is 46.5 Å². The van der Waals surface area contributed by atoms with Crippen molar-refractivity contribution >= 4 is 28.7 Å². The highest BCUT2D eigenvalue weighted by Crippen LogP contribution is 2.29. The van der Waals surface area contributed by atoms with Crippen LogP contribution in [-0.4, -0.2) is 36.4 Å². The van der Waals surface area contributed by atoms with E-state index in [2.05, 4.69) is 66.4 Å². The number of thiazole rings is 1. The van der Waals surface area contributed by atoms with Crippen molar-refractivity contribution in [2.24, 2.45) is 4.99 Å². The SMILES string of the molecule is C=CCC(C=C)c1nc(C2=CC(=C/C)/C(=N\C(=C)NCCNCC)NC2=O)cs1.CCC. The first-order valence-corrected chi connectivity index (χ1v) is 11.9. The Hall–Kier alpha value is -2.77. The van der Waals surface area contributed by atoms with Gasteiger partial charge in [0.05, 0.1) is 11.3 Å². The molecule has 7 heteroatoms. The van der Waals surface area contributed by atoms with Crippen LogP contribution < -0.4 is 16.0 Å². The summed E-state index contributed by atoms with van der Waals surface area (Å²) in [5.41, 5.74) is 1.99. The van der Waals surface area contributed by atoms with Crippen molar-refractivity contribution in [1.29, 1.82) is 0 Å². The standard InChI is InChI=1S/C22H29N5OS.C3H8/c1-6-10-16(7-2)22-26-19(14-29-22)18-13-17(8-3)20(27-21(18)28)25-15(5)24-12-11-23-9-4;1-3-2/h6-8,13-14,16,23-24H,1-2,5,9-12H2,3-4H3,(H,25,27,28);3H2,1-2H3/b17-8-;. The molecule has 0 saturated heterocycles. The van der Waals surface area contributed by atoms with Gasteiger partial charge in [-0.2, -0.15) is 0 Å². The number of amidine groups is 1. The van der Waals surface area contributed by atoms with Crippen LogP contribution in [0.3, 0.4) is 0 Å². The molecule has 0 bridgehead atoms. The summed E-state index contributed by atoms with van der Waals surface area (Å²) in [4.78, 5) is 21.8. The highest BCUT2D eigenvalue weighted by Gasteiger charge is 2.24. The molecule has 1 aliphatic rings. The highest BCUT2D eigenvalue weighted by atomic mass is 32.1. The van der Waals surface area contributed by atoms with Crippen LogP contribution in [0.2, 0.25) is 0 Å². The molecule has 174 valence electrons. The number of nitrogens with one attached hydrogen (secondary N) is 3. The first-order valence-electron chi connectivity index (χ1n) is 11.1. The lowest BCUT2D eigenvalue weighted by atomic mass is 10.0. The quantitative estimate of drug-likeness (QED) is 0.326. The summed E-state index contributed by atoms with van der Waals surface area (Å²) in [5, 5.41) is 12.0. The Balaban J connectivity index is 0.00000161. The fourth-order valence-corrected chi connectivity index (χ4v) is 3.68. The number of aliphatic imine (C=N–C) groups is 1. The molecule has 6 nitrogen and oxygen atoms in total. The molecule has 1 aromatic rings. The summed E-state index contributed by atoms with van der Waals surface area (Å²) in [7, 11) is 0. The van der Waals surface area contributed by atoms with Crippen LogP contribution in [0.5, 0.6) is 0 Å². The molecule has 2 heterocycles. The predicted molar refractivity (Wildman–Crippen MR) is 139 cm³/mol. The minimum Gasteiger partial charge on any atom is -0.369 e. The van der Waals surface area contributed by atoms with E-state index in [4.69, 9.17) is 0 Å². The second-order valence-corrected chi connectivity index (χ2v) is 7.98. The number of likely N-dealkylation sites (N-methyl/N-ethyl adjacent to an activating group) is 1. The summed E-state index contributed by atoms with van der Waals surface area (Å²) < 4.78 is 0. The van der Waals surface area contributed by atoms with E-state index in [1.54, 1.807) is 0 Å². The number of rotatable bonds is 11. The summed E-state index contributed by atoms with van der Waals surface area (Å²) in [5.74, 6) is 0.857. The third-order valence-corrected chi connectivity index (χ3v) is 5.29. The molecule has 1 aliphatic heterocycles. The molecular weight excluding hydrogens is 418 g/mol. The number of aromatic nitrogens is 1. The van der Waals surface area contributed by atoms with Gasteiger partial charge in [0.1, 0.15) is 16.7 Å². The maximum atomic E-state index is 12.7. The van der Waals surface area contributed by atoms with Crippen molar-refractivity contribution in [1.82, 2.24) is 20.9 Å². The van der Waals surface area contributed by atoms with Crippen molar-refractivity contribution in [3.63, 3.8) is 0 Å². The predicted octanol–water partition coefficient (Wildman–Crippen LogP) is 4.93. The minimum absolute atomic E-state index is 0.105. The molecule has 0 radical (unpaired) electrons. The van der Waals surface area contributed by atoms with Crippen LogP contribution in [0.25, 0.3) is 5.57 Å². The van der Waals surface area contributed by atoms with E-state index in [-0.39, 0.29) is 11.8 Å². The van der Waals surface area contributed by atoms with Crippen LogP contribution >= 0.6 is 11.3 Å². The third kappa shape index (κ3) is 8.40. The summed E-state index contributed by atoms with van der Waals surface area (Å²) in [6.07, 6.45) is 9.44. The van der Waals surface area contributed by atoms with Crippen molar-refractivity contribution in [3.8, 4) is 0 Å². The van der Waals surface area contributed by atoms with Gasteiger partial charge in [0.2, 0.25) is 0 Å². The largest absolute Gasteiger partial charge is 0.369 e. The zero-order valence-corrected chi connectivity index (χ0v) is 20.6. The molecule has 32 heavy (non-hydrogen) atoms. The smallest absolute Gasteiger partial charge is 0.259 e. The number of hydrogen-bond donors (Lipinski definition) is 3. The molecule has 2 rings (SSSR count). The fourth-order valence-electron chi connectivity index (χ4n) is 2.74. The fraction of sp³-hybridized carbons (Fsp3) is 0.400. The van der Waals surface area contributed by atoms with Crippen LogP contribution in [-0.2, 0) is 4.79 Å². The zero-order valence-electron chi connectivity index (χ0n) is 19.8. The third-order valence-electron chi connectivity index (χ3n) is 4.31. The molecule has 0 saturated carbocycles. The number of amides is 1. The average Bonchev–Trinajstić information content (AvgIpc) is 3.25. The summed E-state index contributed by atoms with van der Waals surface area (Å²) in [6.45, 7) is 22.2. The molecule has 1 unspecified atom stereocenters. The molecule has 0 spiro atoms. The van der Waals surface area contributed by atoms with Crippen LogP contribution in [0.15, 0.2) is 65.8 Å². The van der Waals surface area contributed by atoms with Gasteiger partial charge in [-0.15, -0.1) is 24.5 Å². The van der Waals surface area contributed by atoms with Gasteiger partial charge in [0.25, 0.3) is 5.91 Å². The van der Waals surface area contributed by atoms with Crippen molar-refractivity contribution < 1.29 is 4.79 Å². The van der Waals surface area contributed by atoms with Gasteiger partial charge in [-0.1, -0.05) is 52.0 Å². The molecule has 1 atom stereocenters. The van der Waals surface area contributed by atoms with Gasteiger partial charge < -0.3 is 16.0 Å². The maximum absolute atomic E-state index is 12.7. The van der Waals surface area contributed by atoms with Gasteiger partial charge in [0, 0.05) is 30.0 Å². The van der Waals surface area contributed by atoms with E-state index in [1.807, 2.05) is 36.6 Å². The summed E-state index contributed by atoms with van der Waals surface area (Å²) in [6, 6.07) is 0. The number of allylic oxidation sites excluding steroid dienone is 3. The lowest BCUT2D eigenvalue weighted by Gasteiger charge is -2.18. The normalized spacial score (nSPS) is 16.5. The van der Waals surface area contributed by atoms with Gasteiger partial charge >= 0.3 is 0 Å². The van der Waals surface area contributed by atoms with Gasteiger partial charge in [-0.3, -0.25) is 4.79 Å². The Morgan fingerprint density at radius 2 is 2.03 bits per heavy atom. The second-order valence-electron chi connectivity index (χ2n) is 7.09. The molecule has 3 N–H and O–H groups in total. The Labute approximate surface area is 197 Å². The lowest BCUT2D eigenvalue weighted by Crippen LogP contribution is -2.36. The van der Waals surface area contributed by atoms with Gasteiger partial charge in [0.15, 0.2) is 0 Å². The average molecular weight is 456 g/mol. The van der Waals surface area contributed by atoms with Gasteiger partial charge in [-0.05, 0) is 26.0 Å². The Bertz CT molecular complexity index is 879. The highest BCUT2D eigenvalue weighted by molar-refractivity contribution is 7.09. The zero-order chi connectivity index (χ0) is 23.9. The Kier molecular flexibility index (Phi) is 12.9. The van der Waals surface area contributed by atoms with Crippen LogP contribution in [0.4, 0.5) is 0 Å². The molecule has 0 aliphatic carbocycles. The van der Waals surface area contributed by atoms with E-state index in [1.165, 1.54) is 17.8 Å². The van der Waals surface area contributed by atoms with Crippen molar-refractivity contribution in [3.05, 3.63) is 71.5 Å². The summed E-state index contributed by atoms with van der Waals surface area (Å²) >= 11 is 1.52. The number of hydrogen-bond acceptors (Lipinski definition) is 6. The Morgan fingerprint density at radius 3 is 2.62 bits per heavy atom.